The number of hydrogen-bond donors (Lipinski definition) is 2. The Bertz CT molecular complexity index is 1180. The summed E-state index contributed by atoms with van der Waals surface area (Å²) >= 11 is 0. The van der Waals surface area contributed by atoms with Crippen LogP contribution in [-0.4, -0.2) is 80.4 Å². The second-order valence-electron chi connectivity index (χ2n) is 8.89. The van der Waals surface area contributed by atoms with Gasteiger partial charge in [-0.3, -0.25) is 9.69 Å². The zero-order chi connectivity index (χ0) is 22.5. The summed E-state index contributed by atoms with van der Waals surface area (Å²) in [6.45, 7) is 7.94. The van der Waals surface area contributed by atoms with Crippen molar-refractivity contribution in [2.45, 2.75) is 25.9 Å². The van der Waals surface area contributed by atoms with Gasteiger partial charge in [-0.1, -0.05) is 0 Å². The maximum Gasteiger partial charge on any atom is 0.254 e. The van der Waals surface area contributed by atoms with Gasteiger partial charge < -0.3 is 20.5 Å². The fourth-order valence-corrected chi connectivity index (χ4v) is 4.54. The van der Waals surface area contributed by atoms with Crippen LogP contribution in [0.1, 0.15) is 29.8 Å². The minimum Gasteiger partial charge on any atom is -0.471 e. The number of aliphatic hydroxyl groups is 1. The van der Waals surface area contributed by atoms with Crippen molar-refractivity contribution in [2.75, 3.05) is 44.2 Å². The number of β-amino-alcohol motifs (C(OH)–C–C–N with tert-alkyl or cyclic N) is 1. The molecule has 3 aromatic heterocycles. The van der Waals surface area contributed by atoms with Gasteiger partial charge in [0.15, 0.2) is 5.65 Å². The molecule has 0 aliphatic carbocycles. The summed E-state index contributed by atoms with van der Waals surface area (Å²) in [5.41, 5.74) is 8.34. The number of nitrogens with zero attached hydrogens (tertiary/aromatic N) is 6. The van der Waals surface area contributed by atoms with Crippen LogP contribution in [0.2, 0.25) is 0 Å². The van der Waals surface area contributed by atoms with Crippen molar-refractivity contribution in [3.8, 4) is 17.1 Å². The van der Waals surface area contributed by atoms with Gasteiger partial charge in [-0.2, -0.15) is 10.1 Å². The first-order chi connectivity index (χ1) is 15.4. The van der Waals surface area contributed by atoms with E-state index in [0.29, 0.717) is 30.2 Å². The molecule has 2 aliphatic rings. The number of primary amides is 1. The molecular formula is C22H27N7O3. The van der Waals surface area contributed by atoms with Crippen molar-refractivity contribution in [1.82, 2.24) is 24.5 Å². The lowest BCUT2D eigenvalue weighted by Gasteiger charge is -2.36. The van der Waals surface area contributed by atoms with Crippen LogP contribution >= 0.6 is 0 Å². The Morgan fingerprint density at radius 3 is 2.78 bits per heavy atom. The molecule has 0 bridgehead atoms. The van der Waals surface area contributed by atoms with Crippen LogP contribution < -0.4 is 15.4 Å². The smallest absolute Gasteiger partial charge is 0.254 e. The van der Waals surface area contributed by atoms with Gasteiger partial charge in [0, 0.05) is 62.7 Å². The molecule has 5 heterocycles. The van der Waals surface area contributed by atoms with Crippen LogP contribution in [0.4, 0.5) is 5.82 Å². The molecule has 2 aliphatic heterocycles. The molecule has 10 heteroatoms. The normalized spacial score (nSPS) is 18.0. The SMILES string of the molecule is CC1(C)Cc2cc(-c3nn4cccnc4c3C(N)=O)c(N3CCN(CCO)CC3)nc2O1. The summed E-state index contributed by atoms with van der Waals surface area (Å²) in [6.07, 6.45) is 4.08. The first-order valence-electron chi connectivity index (χ1n) is 10.8. The van der Waals surface area contributed by atoms with Gasteiger partial charge in [0.2, 0.25) is 5.88 Å². The maximum atomic E-state index is 12.4. The first-order valence-corrected chi connectivity index (χ1v) is 10.8. The lowest BCUT2D eigenvalue weighted by molar-refractivity contribution is 0.100. The Morgan fingerprint density at radius 1 is 1.28 bits per heavy atom. The summed E-state index contributed by atoms with van der Waals surface area (Å²) < 4.78 is 7.68. The van der Waals surface area contributed by atoms with Crippen molar-refractivity contribution in [2.24, 2.45) is 5.73 Å². The summed E-state index contributed by atoms with van der Waals surface area (Å²) in [7, 11) is 0. The van der Waals surface area contributed by atoms with E-state index in [4.69, 9.17) is 15.5 Å². The molecule has 0 radical (unpaired) electrons. The molecule has 32 heavy (non-hydrogen) atoms. The van der Waals surface area contributed by atoms with Gasteiger partial charge in [-0.15, -0.1) is 0 Å². The van der Waals surface area contributed by atoms with Crippen LogP contribution in [0.5, 0.6) is 5.88 Å². The molecule has 0 saturated carbocycles. The molecule has 168 valence electrons. The molecule has 3 N–H and O–H groups in total. The van der Waals surface area contributed by atoms with Crippen LogP contribution in [0, 0.1) is 0 Å². The highest BCUT2D eigenvalue weighted by Gasteiger charge is 2.35. The maximum absolute atomic E-state index is 12.4. The summed E-state index contributed by atoms with van der Waals surface area (Å²) in [5.74, 6) is 0.759. The highest BCUT2D eigenvalue weighted by atomic mass is 16.5. The van der Waals surface area contributed by atoms with Crippen LogP contribution in [0.3, 0.4) is 0 Å². The summed E-state index contributed by atoms with van der Waals surface area (Å²) in [5, 5.41) is 13.9. The second kappa shape index (κ2) is 7.72. The monoisotopic (exact) mass is 437 g/mol. The third-order valence-corrected chi connectivity index (χ3v) is 6.02. The lowest BCUT2D eigenvalue weighted by atomic mass is 9.99. The van der Waals surface area contributed by atoms with E-state index in [0.717, 1.165) is 43.1 Å². The highest BCUT2D eigenvalue weighted by Crippen LogP contribution is 2.41. The van der Waals surface area contributed by atoms with Gasteiger partial charge in [-0.05, 0) is 26.0 Å². The van der Waals surface area contributed by atoms with Gasteiger partial charge in [0.05, 0.1) is 6.61 Å². The molecule has 1 fully saturated rings. The molecule has 0 atom stereocenters. The summed E-state index contributed by atoms with van der Waals surface area (Å²) in [4.78, 5) is 26.1. The number of aliphatic hydroxyl groups excluding tert-OH is 1. The number of aromatic nitrogens is 4. The number of ether oxygens (including phenoxy) is 1. The largest absolute Gasteiger partial charge is 0.471 e. The fraction of sp³-hybridized carbons (Fsp3) is 0.455. The fourth-order valence-electron chi connectivity index (χ4n) is 4.54. The molecule has 0 spiro atoms. The molecule has 1 amide bonds. The van der Waals surface area contributed by atoms with E-state index < -0.39 is 5.91 Å². The third kappa shape index (κ3) is 3.55. The van der Waals surface area contributed by atoms with Gasteiger partial charge >= 0.3 is 0 Å². The van der Waals surface area contributed by atoms with Gasteiger partial charge in [0.25, 0.3) is 5.91 Å². The number of anilines is 1. The first kappa shape index (κ1) is 20.7. The van der Waals surface area contributed by atoms with E-state index in [1.54, 1.807) is 23.0 Å². The number of pyridine rings is 1. The van der Waals surface area contributed by atoms with Crippen LogP contribution in [0.15, 0.2) is 24.5 Å². The number of carbonyl (C=O) groups excluding carboxylic acids is 1. The predicted molar refractivity (Wildman–Crippen MR) is 119 cm³/mol. The average molecular weight is 438 g/mol. The zero-order valence-electron chi connectivity index (χ0n) is 18.3. The average Bonchev–Trinajstić information content (AvgIpc) is 3.29. The van der Waals surface area contributed by atoms with Crippen molar-refractivity contribution in [3.05, 3.63) is 35.7 Å². The van der Waals surface area contributed by atoms with Crippen LogP contribution in [-0.2, 0) is 6.42 Å². The van der Waals surface area contributed by atoms with Crippen molar-refractivity contribution >= 4 is 17.4 Å². The summed E-state index contributed by atoms with van der Waals surface area (Å²) in [6, 6.07) is 3.79. The number of rotatable bonds is 5. The molecule has 5 rings (SSSR count). The molecule has 1 saturated heterocycles. The van der Waals surface area contributed by atoms with E-state index in [1.807, 2.05) is 19.9 Å². The third-order valence-electron chi connectivity index (χ3n) is 6.02. The molecule has 3 aromatic rings. The number of piperazine rings is 1. The molecule has 10 nitrogen and oxygen atoms in total. The number of carbonyl (C=O) groups is 1. The van der Waals surface area contributed by atoms with E-state index in [9.17, 15) is 9.90 Å². The Kier molecular flexibility index (Phi) is 4.98. The lowest BCUT2D eigenvalue weighted by Crippen LogP contribution is -2.47. The predicted octanol–water partition coefficient (Wildman–Crippen LogP) is 0.718. The topological polar surface area (TPSA) is 122 Å². The molecule has 0 aromatic carbocycles. The Hall–Kier alpha value is -3.24. The van der Waals surface area contributed by atoms with Crippen molar-refractivity contribution in [3.63, 3.8) is 0 Å². The Labute approximate surface area is 185 Å². The quantitative estimate of drug-likeness (QED) is 0.599. The van der Waals surface area contributed by atoms with Crippen molar-refractivity contribution in [1.29, 1.82) is 0 Å². The van der Waals surface area contributed by atoms with E-state index in [-0.39, 0.29) is 17.8 Å². The number of hydrogen-bond acceptors (Lipinski definition) is 8. The Morgan fingerprint density at radius 2 is 2.06 bits per heavy atom. The number of amides is 1. The Balaban J connectivity index is 1.65. The zero-order valence-corrected chi connectivity index (χ0v) is 18.3. The minimum atomic E-state index is -0.579. The van der Waals surface area contributed by atoms with Crippen molar-refractivity contribution < 1.29 is 14.6 Å². The van der Waals surface area contributed by atoms with E-state index in [2.05, 4.69) is 19.9 Å². The van der Waals surface area contributed by atoms with Gasteiger partial charge in [0.1, 0.15) is 22.7 Å². The highest BCUT2D eigenvalue weighted by molar-refractivity contribution is 6.05. The molecular weight excluding hydrogens is 410 g/mol. The van der Waals surface area contributed by atoms with Crippen LogP contribution in [0.25, 0.3) is 16.9 Å². The minimum absolute atomic E-state index is 0.140. The molecule has 0 unspecified atom stereocenters. The van der Waals surface area contributed by atoms with E-state index >= 15 is 0 Å². The number of fused-ring (bicyclic) bond motifs is 2. The van der Waals surface area contributed by atoms with E-state index in [1.165, 1.54) is 0 Å². The standard InChI is InChI=1S/C22H27N7O3/c1-22(2)13-14-12-15(17-16(18(23)31)20-24-4-3-5-29(20)26-17)19(25-21(14)32-22)28-8-6-27(7-9-28)10-11-30/h3-5,12,30H,6-11,13H2,1-2H3,(H2,23,31). The number of nitrogens with two attached hydrogens (primary N) is 1. The second-order valence-corrected chi connectivity index (χ2v) is 8.89. The van der Waals surface area contributed by atoms with Gasteiger partial charge in [-0.25, -0.2) is 9.50 Å².